The molecule has 0 radical (unpaired) electrons. The van der Waals surface area contributed by atoms with Crippen molar-refractivity contribution in [1.29, 1.82) is 0 Å². The van der Waals surface area contributed by atoms with Crippen LogP contribution in [0.1, 0.15) is 57.9 Å². The van der Waals surface area contributed by atoms with Crippen molar-refractivity contribution in [3.8, 4) is 0 Å². The molecule has 2 aliphatic rings. The first-order chi connectivity index (χ1) is 11.4. The fraction of sp³-hybridized carbons (Fsp3) is 0.588. The van der Waals surface area contributed by atoms with E-state index >= 15 is 0 Å². The van der Waals surface area contributed by atoms with Gasteiger partial charge in [-0.15, -0.1) is 0 Å². The van der Waals surface area contributed by atoms with E-state index in [1.807, 2.05) is 0 Å². The number of hydrogen-bond acceptors (Lipinski definition) is 5. The molecule has 130 valence electrons. The molecule has 2 atom stereocenters. The number of carboxylic acid groups (broad SMARTS) is 1. The monoisotopic (exact) mass is 334 g/mol. The number of furan rings is 1. The Balaban J connectivity index is 1.94. The summed E-state index contributed by atoms with van der Waals surface area (Å²) in [5.74, 6) is -1.00. The molecule has 24 heavy (non-hydrogen) atoms. The van der Waals surface area contributed by atoms with Crippen molar-refractivity contribution in [1.82, 2.24) is 4.90 Å². The molecule has 0 bridgehead atoms. The van der Waals surface area contributed by atoms with Gasteiger partial charge in [-0.3, -0.25) is 14.4 Å². The smallest absolute Gasteiger partial charge is 0.308 e. The normalized spacial score (nSPS) is 24.4. The topological polar surface area (TPSA) is 114 Å². The fourth-order valence-electron chi connectivity index (χ4n) is 3.61. The molecule has 0 saturated carbocycles. The summed E-state index contributed by atoms with van der Waals surface area (Å²) in [5.41, 5.74) is 6.67. The van der Waals surface area contributed by atoms with E-state index in [0.29, 0.717) is 42.8 Å². The second-order valence-electron chi connectivity index (χ2n) is 6.69. The molecular weight excluding hydrogens is 312 g/mol. The number of fused-ring (bicyclic) bond motifs is 1. The average Bonchev–Trinajstić information content (AvgIpc) is 2.72. The summed E-state index contributed by atoms with van der Waals surface area (Å²) in [7, 11) is 0. The van der Waals surface area contributed by atoms with Crippen molar-refractivity contribution in [3.05, 3.63) is 22.6 Å². The van der Waals surface area contributed by atoms with Gasteiger partial charge in [-0.1, -0.05) is 0 Å². The van der Waals surface area contributed by atoms with Crippen LogP contribution in [0.4, 0.5) is 0 Å². The highest BCUT2D eigenvalue weighted by Crippen LogP contribution is 2.31. The Hall–Kier alpha value is -2.15. The van der Waals surface area contributed by atoms with Crippen molar-refractivity contribution in [2.45, 2.75) is 45.1 Å². The van der Waals surface area contributed by atoms with E-state index < -0.39 is 11.9 Å². The predicted octanol–water partition coefficient (Wildman–Crippen LogP) is 1.37. The Morgan fingerprint density at radius 2 is 2.00 bits per heavy atom. The Morgan fingerprint density at radius 3 is 2.71 bits per heavy atom. The number of amides is 1. The summed E-state index contributed by atoms with van der Waals surface area (Å²) >= 11 is 0. The van der Waals surface area contributed by atoms with Crippen molar-refractivity contribution < 1.29 is 23.9 Å². The van der Waals surface area contributed by atoms with Gasteiger partial charge in [0.15, 0.2) is 5.78 Å². The minimum Gasteiger partial charge on any atom is -0.481 e. The van der Waals surface area contributed by atoms with E-state index in [1.165, 1.54) is 4.90 Å². The van der Waals surface area contributed by atoms with Crippen molar-refractivity contribution in [3.63, 3.8) is 0 Å². The summed E-state index contributed by atoms with van der Waals surface area (Å²) in [6.45, 7) is 2.07. The molecule has 0 spiro atoms. The van der Waals surface area contributed by atoms with Gasteiger partial charge in [-0.25, -0.2) is 0 Å². The van der Waals surface area contributed by atoms with E-state index in [-0.39, 0.29) is 36.4 Å². The summed E-state index contributed by atoms with van der Waals surface area (Å²) in [6.07, 6.45) is 2.78. The number of aliphatic carboxylic acids is 1. The first-order valence-corrected chi connectivity index (χ1v) is 8.31. The number of carboxylic acids is 1. The summed E-state index contributed by atoms with van der Waals surface area (Å²) in [4.78, 5) is 38.1. The average molecular weight is 334 g/mol. The summed E-state index contributed by atoms with van der Waals surface area (Å²) in [5, 5.41) is 9.32. The van der Waals surface area contributed by atoms with Crippen LogP contribution in [0.2, 0.25) is 0 Å². The number of nitrogens with two attached hydrogens (primary N) is 1. The third kappa shape index (κ3) is 2.96. The molecule has 1 aromatic heterocycles. The molecule has 3 rings (SSSR count). The molecule has 1 aromatic rings. The lowest BCUT2D eigenvalue weighted by atomic mass is 9.92. The molecule has 1 saturated heterocycles. The maximum Gasteiger partial charge on any atom is 0.308 e. The number of aryl methyl sites for hydroxylation is 2. The summed E-state index contributed by atoms with van der Waals surface area (Å²) in [6, 6.07) is -0.267. The number of nitrogens with zero attached hydrogens (tertiary/aromatic N) is 1. The van der Waals surface area contributed by atoms with Gasteiger partial charge in [0.2, 0.25) is 0 Å². The lowest BCUT2D eigenvalue weighted by Crippen LogP contribution is -2.42. The van der Waals surface area contributed by atoms with Crippen molar-refractivity contribution in [2.75, 3.05) is 13.1 Å². The van der Waals surface area contributed by atoms with Crippen LogP contribution in [0.25, 0.3) is 0 Å². The Kier molecular flexibility index (Phi) is 4.45. The van der Waals surface area contributed by atoms with E-state index in [4.69, 9.17) is 10.2 Å². The number of carbonyl (C=O) groups excluding carboxylic acids is 2. The maximum absolute atomic E-state index is 13.0. The van der Waals surface area contributed by atoms with Gasteiger partial charge in [0.1, 0.15) is 11.5 Å². The molecule has 0 aromatic carbocycles. The number of likely N-dealkylation sites (tertiary alicyclic amines) is 1. The largest absolute Gasteiger partial charge is 0.481 e. The van der Waals surface area contributed by atoms with Gasteiger partial charge in [-0.05, 0) is 26.2 Å². The van der Waals surface area contributed by atoms with Gasteiger partial charge >= 0.3 is 5.97 Å². The van der Waals surface area contributed by atoms with Crippen LogP contribution in [0, 0.1) is 12.8 Å². The highest BCUT2D eigenvalue weighted by molar-refractivity contribution is 6.10. The molecule has 0 unspecified atom stereocenters. The van der Waals surface area contributed by atoms with Crippen LogP contribution in [0.15, 0.2) is 4.42 Å². The quantitative estimate of drug-likeness (QED) is 0.844. The molecular formula is C17H22N2O5. The molecule has 1 aliphatic carbocycles. The molecule has 1 aliphatic heterocycles. The molecule has 2 heterocycles. The van der Waals surface area contributed by atoms with Gasteiger partial charge in [-0.2, -0.15) is 0 Å². The fourth-order valence-corrected chi connectivity index (χ4v) is 3.61. The van der Waals surface area contributed by atoms with Crippen LogP contribution in [0.5, 0.6) is 0 Å². The predicted molar refractivity (Wildman–Crippen MR) is 85.0 cm³/mol. The van der Waals surface area contributed by atoms with Crippen molar-refractivity contribution >= 4 is 17.7 Å². The first-order valence-electron chi connectivity index (χ1n) is 8.31. The van der Waals surface area contributed by atoms with Gasteiger partial charge < -0.3 is 20.2 Å². The molecule has 7 heteroatoms. The number of Topliss-reactive ketones (excluding diaryl/α,β-unsaturated/α-hetero) is 1. The molecule has 1 amide bonds. The molecule has 1 fully saturated rings. The third-order valence-electron chi connectivity index (χ3n) is 4.88. The highest BCUT2D eigenvalue weighted by atomic mass is 16.4. The minimum atomic E-state index is -0.927. The van der Waals surface area contributed by atoms with Crippen molar-refractivity contribution in [2.24, 2.45) is 11.7 Å². The number of ketones is 1. The lowest BCUT2D eigenvalue weighted by Gasteiger charge is -2.24. The zero-order valence-electron chi connectivity index (χ0n) is 13.7. The molecule has 7 nitrogen and oxygen atoms in total. The lowest BCUT2D eigenvalue weighted by molar-refractivity contribution is -0.142. The number of hydrogen-bond donors (Lipinski definition) is 2. The van der Waals surface area contributed by atoms with Crippen LogP contribution in [-0.4, -0.2) is 46.8 Å². The zero-order valence-corrected chi connectivity index (χ0v) is 13.7. The molecule has 3 N–H and O–H groups in total. The number of carbonyl (C=O) groups is 3. The van der Waals surface area contributed by atoms with Gasteiger partial charge in [0, 0.05) is 32.0 Å². The van der Waals surface area contributed by atoms with Crippen LogP contribution >= 0.6 is 0 Å². The van der Waals surface area contributed by atoms with E-state index in [0.717, 1.165) is 6.42 Å². The minimum absolute atomic E-state index is 0.0784. The zero-order chi connectivity index (χ0) is 17.4. The standard InChI is InChI=1S/C17H22N2O5/c1-9-14(15-12(20)3-2-4-13(15)24-9)16(21)19-7-10(17(22)23)5-6-11(18)8-19/h10-11H,2-8,18H2,1H3,(H,22,23)/t10-,11+/m0/s1. The van der Waals surface area contributed by atoms with Crippen LogP contribution in [0.3, 0.4) is 0 Å². The maximum atomic E-state index is 13.0. The van der Waals surface area contributed by atoms with E-state index in [2.05, 4.69) is 0 Å². The Bertz CT molecular complexity index is 693. The SMILES string of the molecule is Cc1oc2c(c1C(=O)N1C[C@H](N)CC[C@H](C(=O)O)C1)C(=O)CCC2. The first kappa shape index (κ1) is 16.7. The van der Waals surface area contributed by atoms with Gasteiger partial charge in [0.25, 0.3) is 5.91 Å². The second-order valence-corrected chi connectivity index (χ2v) is 6.69. The highest BCUT2D eigenvalue weighted by Gasteiger charge is 2.35. The van der Waals surface area contributed by atoms with E-state index in [1.54, 1.807) is 6.92 Å². The third-order valence-corrected chi connectivity index (χ3v) is 4.88. The second kappa shape index (κ2) is 6.39. The summed E-state index contributed by atoms with van der Waals surface area (Å²) < 4.78 is 5.64. The number of rotatable bonds is 2. The Labute approximate surface area is 139 Å². The van der Waals surface area contributed by atoms with Gasteiger partial charge in [0.05, 0.1) is 17.0 Å². The Morgan fingerprint density at radius 1 is 1.25 bits per heavy atom. The van der Waals surface area contributed by atoms with E-state index in [9.17, 15) is 19.5 Å². The van der Waals surface area contributed by atoms with Crippen LogP contribution < -0.4 is 5.73 Å². The van der Waals surface area contributed by atoms with Crippen LogP contribution in [-0.2, 0) is 11.2 Å².